The molecule has 0 bridgehead atoms. The maximum Gasteiger partial charge on any atom is 0.221 e. The molecule has 1 saturated carbocycles. The smallest absolute Gasteiger partial charge is 0.221 e. The quantitative estimate of drug-likeness (QED) is 0.897. The molecular formula is C17H18N2O. The van der Waals surface area contributed by atoms with Gasteiger partial charge in [-0.15, -0.1) is 0 Å². The van der Waals surface area contributed by atoms with Gasteiger partial charge in [0.25, 0.3) is 0 Å². The number of hydrogen-bond donors (Lipinski definition) is 2. The van der Waals surface area contributed by atoms with Crippen molar-refractivity contribution >= 4 is 11.6 Å². The molecule has 20 heavy (non-hydrogen) atoms. The molecule has 2 atom stereocenters. The van der Waals surface area contributed by atoms with E-state index in [0.29, 0.717) is 5.92 Å². The number of rotatable bonds is 3. The second-order valence-electron chi connectivity index (χ2n) is 5.47. The Morgan fingerprint density at radius 2 is 1.80 bits per heavy atom. The zero-order chi connectivity index (χ0) is 14.2. The number of amides is 1. The molecule has 2 aromatic rings. The summed E-state index contributed by atoms with van der Waals surface area (Å²) in [5.74, 6) is 0.323. The molecule has 3 rings (SSSR count). The lowest BCUT2D eigenvalue weighted by atomic mass is 9.99. The minimum atomic E-state index is -0.268. The van der Waals surface area contributed by atoms with E-state index in [1.807, 2.05) is 42.5 Å². The maximum atomic E-state index is 11.0. The standard InChI is InChI=1S/C17H18N2O/c1-12(20)19-15-9-7-14(8-10-15)17(18)11-16(17)13-5-3-2-4-6-13/h2-10,16H,11,18H2,1H3,(H,19,20). The Hall–Kier alpha value is -2.13. The summed E-state index contributed by atoms with van der Waals surface area (Å²) >= 11 is 0. The second kappa shape index (κ2) is 4.76. The maximum absolute atomic E-state index is 11.0. The van der Waals surface area contributed by atoms with Crippen LogP contribution in [0.3, 0.4) is 0 Å². The van der Waals surface area contributed by atoms with Gasteiger partial charge in [-0.25, -0.2) is 0 Å². The molecule has 2 unspecified atom stereocenters. The van der Waals surface area contributed by atoms with Crippen molar-refractivity contribution in [3.63, 3.8) is 0 Å². The zero-order valence-corrected chi connectivity index (χ0v) is 11.5. The van der Waals surface area contributed by atoms with Crippen LogP contribution in [0.2, 0.25) is 0 Å². The second-order valence-corrected chi connectivity index (χ2v) is 5.47. The molecule has 3 heteroatoms. The molecule has 2 aromatic carbocycles. The molecular weight excluding hydrogens is 248 g/mol. The molecule has 0 aromatic heterocycles. The Labute approximate surface area is 118 Å². The minimum Gasteiger partial charge on any atom is -0.326 e. The average molecular weight is 266 g/mol. The largest absolute Gasteiger partial charge is 0.326 e. The fourth-order valence-corrected chi connectivity index (χ4v) is 2.77. The van der Waals surface area contributed by atoms with Crippen LogP contribution < -0.4 is 11.1 Å². The monoisotopic (exact) mass is 266 g/mol. The molecule has 102 valence electrons. The third-order valence-corrected chi connectivity index (χ3v) is 3.95. The topological polar surface area (TPSA) is 55.1 Å². The van der Waals surface area contributed by atoms with Crippen molar-refractivity contribution in [3.8, 4) is 0 Å². The minimum absolute atomic E-state index is 0.0613. The van der Waals surface area contributed by atoms with Gasteiger partial charge in [0.15, 0.2) is 0 Å². The van der Waals surface area contributed by atoms with Crippen LogP contribution in [0.4, 0.5) is 5.69 Å². The van der Waals surface area contributed by atoms with E-state index in [1.165, 1.54) is 12.5 Å². The summed E-state index contributed by atoms with van der Waals surface area (Å²) in [6.45, 7) is 1.50. The molecule has 0 aliphatic heterocycles. The molecule has 1 aliphatic rings. The Morgan fingerprint density at radius 1 is 1.15 bits per heavy atom. The fraction of sp³-hybridized carbons (Fsp3) is 0.235. The average Bonchev–Trinajstić information content (AvgIpc) is 3.13. The predicted octanol–water partition coefficient (Wildman–Crippen LogP) is 2.99. The van der Waals surface area contributed by atoms with E-state index in [4.69, 9.17) is 5.73 Å². The Morgan fingerprint density at radius 3 is 2.40 bits per heavy atom. The van der Waals surface area contributed by atoms with Crippen LogP contribution in [0, 0.1) is 0 Å². The first-order valence-corrected chi connectivity index (χ1v) is 6.81. The van der Waals surface area contributed by atoms with E-state index in [0.717, 1.165) is 17.7 Å². The van der Waals surface area contributed by atoms with Gasteiger partial charge in [-0.2, -0.15) is 0 Å². The summed E-state index contributed by atoms with van der Waals surface area (Å²) in [6, 6.07) is 18.2. The first-order valence-electron chi connectivity index (χ1n) is 6.81. The first kappa shape index (κ1) is 12.9. The van der Waals surface area contributed by atoms with E-state index in [2.05, 4.69) is 17.4 Å². The van der Waals surface area contributed by atoms with Crippen molar-refractivity contribution in [3.05, 3.63) is 65.7 Å². The Balaban J connectivity index is 1.79. The van der Waals surface area contributed by atoms with Crippen LogP contribution in [0.15, 0.2) is 54.6 Å². The summed E-state index contributed by atoms with van der Waals surface area (Å²) in [4.78, 5) is 11.0. The van der Waals surface area contributed by atoms with Crippen molar-refractivity contribution in [2.75, 3.05) is 5.32 Å². The summed E-state index contributed by atoms with van der Waals surface area (Å²) in [7, 11) is 0. The number of carbonyl (C=O) groups is 1. The molecule has 1 aliphatic carbocycles. The Bertz CT molecular complexity index is 621. The van der Waals surface area contributed by atoms with Gasteiger partial charge in [-0.05, 0) is 29.7 Å². The lowest BCUT2D eigenvalue weighted by molar-refractivity contribution is -0.114. The molecule has 0 spiro atoms. The van der Waals surface area contributed by atoms with E-state index in [1.54, 1.807) is 0 Å². The highest BCUT2D eigenvalue weighted by atomic mass is 16.1. The van der Waals surface area contributed by atoms with Crippen LogP contribution in [0.5, 0.6) is 0 Å². The van der Waals surface area contributed by atoms with E-state index in [-0.39, 0.29) is 11.4 Å². The van der Waals surface area contributed by atoms with Gasteiger partial charge >= 0.3 is 0 Å². The van der Waals surface area contributed by atoms with Crippen molar-refractivity contribution < 1.29 is 4.79 Å². The molecule has 3 nitrogen and oxygen atoms in total. The SMILES string of the molecule is CC(=O)Nc1ccc(C2(N)CC2c2ccccc2)cc1. The number of benzene rings is 2. The number of anilines is 1. The first-order chi connectivity index (χ1) is 9.59. The van der Waals surface area contributed by atoms with Crippen LogP contribution in [-0.2, 0) is 10.3 Å². The molecule has 0 heterocycles. The van der Waals surface area contributed by atoms with Crippen molar-refractivity contribution in [1.29, 1.82) is 0 Å². The van der Waals surface area contributed by atoms with E-state index in [9.17, 15) is 4.79 Å². The highest BCUT2D eigenvalue weighted by Crippen LogP contribution is 2.56. The fourth-order valence-electron chi connectivity index (χ4n) is 2.77. The van der Waals surface area contributed by atoms with Gasteiger partial charge in [0.05, 0.1) is 0 Å². The van der Waals surface area contributed by atoms with Gasteiger partial charge in [0, 0.05) is 24.1 Å². The molecule has 1 fully saturated rings. The summed E-state index contributed by atoms with van der Waals surface area (Å²) in [5, 5.41) is 2.77. The number of hydrogen-bond acceptors (Lipinski definition) is 2. The summed E-state index contributed by atoms with van der Waals surface area (Å²) in [6.07, 6.45) is 0.969. The van der Waals surface area contributed by atoms with Crippen molar-refractivity contribution in [2.45, 2.75) is 24.8 Å². The van der Waals surface area contributed by atoms with Crippen LogP contribution in [0.25, 0.3) is 0 Å². The van der Waals surface area contributed by atoms with Crippen LogP contribution in [0.1, 0.15) is 30.4 Å². The lowest BCUT2D eigenvalue weighted by Crippen LogP contribution is -2.21. The predicted molar refractivity (Wildman–Crippen MR) is 80.4 cm³/mol. The van der Waals surface area contributed by atoms with Crippen molar-refractivity contribution in [1.82, 2.24) is 0 Å². The summed E-state index contributed by atoms with van der Waals surface area (Å²) in [5.41, 5.74) is 9.47. The van der Waals surface area contributed by atoms with Gasteiger partial charge in [0.1, 0.15) is 0 Å². The van der Waals surface area contributed by atoms with Crippen molar-refractivity contribution in [2.24, 2.45) is 5.73 Å². The van der Waals surface area contributed by atoms with E-state index < -0.39 is 0 Å². The zero-order valence-electron chi connectivity index (χ0n) is 11.5. The molecule has 1 amide bonds. The van der Waals surface area contributed by atoms with Gasteiger partial charge in [0.2, 0.25) is 5.91 Å². The van der Waals surface area contributed by atoms with Gasteiger partial charge in [-0.1, -0.05) is 42.5 Å². The third-order valence-electron chi connectivity index (χ3n) is 3.95. The third kappa shape index (κ3) is 2.32. The summed E-state index contributed by atoms with van der Waals surface area (Å²) < 4.78 is 0. The highest BCUT2D eigenvalue weighted by Gasteiger charge is 2.52. The molecule has 0 radical (unpaired) electrons. The number of carbonyl (C=O) groups excluding carboxylic acids is 1. The van der Waals surface area contributed by atoms with Crippen LogP contribution >= 0.6 is 0 Å². The molecule has 3 N–H and O–H groups in total. The number of nitrogens with two attached hydrogens (primary N) is 1. The number of nitrogens with one attached hydrogen (secondary N) is 1. The van der Waals surface area contributed by atoms with Gasteiger partial charge in [-0.3, -0.25) is 4.79 Å². The Kier molecular flexibility index (Phi) is 3.07. The lowest BCUT2D eigenvalue weighted by Gasteiger charge is -2.13. The van der Waals surface area contributed by atoms with E-state index >= 15 is 0 Å². The normalized spacial score (nSPS) is 24.2. The highest BCUT2D eigenvalue weighted by molar-refractivity contribution is 5.88. The molecule has 0 saturated heterocycles. The van der Waals surface area contributed by atoms with Crippen LogP contribution in [-0.4, -0.2) is 5.91 Å². The van der Waals surface area contributed by atoms with Gasteiger partial charge < -0.3 is 11.1 Å².